The molecular formula is C4H7N3O2. The van der Waals surface area contributed by atoms with E-state index < -0.39 is 6.03 Å². The van der Waals surface area contributed by atoms with E-state index in [0.717, 1.165) is 5.01 Å². The molecule has 1 heterocycles. The molecule has 5 heteroatoms. The van der Waals surface area contributed by atoms with Gasteiger partial charge in [-0.25, -0.2) is 9.80 Å². The number of primary amides is 1. The van der Waals surface area contributed by atoms with Crippen LogP contribution in [0.3, 0.4) is 0 Å². The van der Waals surface area contributed by atoms with Crippen LogP contribution in [0, 0.1) is 0 Å². The number of urea groups is 1. The molecule has 50 valence electrons. The molecule has 0 bridgehead atoms. The Morgan fingerprint density at radius 3 is 2.67 bits per heavy atom. The largest absolute Gasteiger partial charge is 0.350 e. The minimum Gasteiger partial charge on any atom is -0.350 e. The summed E-state index contributed by atoms with van der Waals surface area (Å²) < 4.78 is 0. The Morgan fingerprint density at radius 2 is 2.44 bits per heavy atom. The standard InChI is InChI=1S/C4H7N3O2/c5-4(9)7-2-1-3(8)6-7/h1-2H2,(H2,5,9)(H,6,8). The van der Waals surface area contributed by atoms with Crippen molar-refractivity contribution in [2.75, 3.05) is 6.54 Å². The molecule has 1 aliphatic heterocycles. The van der Waals surface area contributed by atoms with Crippen LogP contribution in [0.1, 0.15) is 6.42 Å². The number of amides is 3. The van der Waals surface area contributed by atoms with Gasteiger partial charge in [0.1, 0.15) is 0 Å². The zero-order valence-corrected chi connectivity index (χ0v) is 4.76. The first-order valence-electron chi connectivity index (χ1n) is 2.56. The second-order valence-corrected chi connectivity index (χ2v) is 1.77. The predicted octanol–water partition coefficient (Wildman–Crippen LogP) is -1.20. The van der Waals surface area contributed by atoms with Crippen molar-refractivity contribution in [2.45, 2.75) is 6.42 Å². The van der Waals surface area contributed by atoms with E-state index in [9.17, 15) is 9.59 Å². The third kappa shape index (κ3) is 1.10. The van der Waals surface area contributed by atoms with Crippen LogP contribution in [0.5, 0.6) is 0 Å². The fourth-order valence-electron chi connectivity index (χ4n) is 0.641. The van der Waals surface area contributed by atoms with Gasteiger partial charge in [-0.3, -0.25) is 10.2 Å². The summed E-state index contributed by atoms with van der Waals surface area (Å²) in [6, 6.07) is -0.610. The van der Waals surface area contributed by atoms with E-state index in [0.29, 0.717) is 13.0 Å². The van der Waals surface area contributed by atoms with E-state index in [1.165, 1.54) is 0 Å². The molecule has 9 heavy (non-hydrogen) atoms. The quantitative estimate of drug-likeness (QED) is 0.431. The second-order valence-electron chi connectivity index (χ2n) is 1.77. The van der Waals surface area contributed by atoms with Crippen LogP contribution in [0.25, 0.3) is 0 Å². The lowest BCUT2D eigenvalue weighted by Gasteiger charge is -2.09. The number of nitrogens with one attached hydrogen (secondary N) is 1. The smallest absolute Gasteiger partial charge is 0.333 e. The zero-order valence-electron chi connectivity index (χ0n) is 4.76. The molecule has 0 unspecified atom stereocenters. The molecule has 5 nitrogen and oxygen atoms in total. The minimum absolute atomic E-state index is 0.159. The van der Waals surface area contributed by atoms with E-state index >= 15 is 0 Å². The number of hydrazine groups is 1. The lowest BCUT2D eigenvalue weighted by atomic mass is 10.4. The van der Waals surface area contributed by atoms with Crippen LogP contribution in [0.15, 0.2) is 0 Å². The van der Waals surface area contributed by atoms with Crippen LogP contribution < -0.4 is 11.2 Å². The van der Waals surface area contributed by atoms with Gasteiger partial charge in [0.2, 0.25) is 5.91 Å². The number of hydrogen-bond donors (Lipinski definition) is 2. The van der Waals surface area contributed by atoms with Gasteiger partial charge in [-0.15, -0.1) is 0 Å². The normalized spacial score (nSPS) is 17.8. The Labute approximate surface area is 51.8 Å². The molecule has 0 aromatic rings. The van der Waals surface area contributed by atoms with Gasteiger partial charge in [0.15, 0.2) is 0 Å². The van der Waals surface area contributed by atoms with Crippen molar-refractivity contribution in [3.05, 3.63) is 0 Å². The van der Waals surface area contributed by atoms with Gasteiger partial charge in [-0.2, -0.15) is 0 Å². The Bertz CT molecular complexity index is 156. The van der Waals surface area contributed by atoms with Crippen molar-refractivity contribution in [3.8, 4) is 0 Å². The number of hydrogen-bond acceptors (Lipinski definition) is 2. The Balaban J connectivity index is 2.48. The van der Waals surface area contributed by atoms with Crippen LogP contribution in [-0.4, -0.2) is 23.5 Å². The summed E-state index contributed by atoms with van der Waals surface area (Å²) in [4.78, 5) is 20.7. The van der Waals surface area contributed by atoms with Gasteiger partial charge in [-0.05, 0) is 0 Å². The number of carbonyl (C=O) groups excluding carboxylic acids is 2. The molecule has 0 atom stereocenters. The third-order valence-corrected chi connectivity index (χ3v) is 1.09. The molecule has 3 N–H and O–H groups in total. The first-order chi connectivity index (χ1) is 4.20. The molecule has 1 aliphatic rings. The van der Waals surface area contributed by atoms with E-state index in [4.69, 9.17) is 5.73 Å². The van der Waals surface area contributed by atoms with Crippen molar-refractivity contribution in [2.24, 2.45) is 5.73 Å². The van der Waals surface area contributed by atoms with Gasteiger partial charge in [-0.1, -0.05) is 0 Å². The molecule has 0 saturated carbocycles. The fourth-order valence-corrected chi connectivity index (χ4v) is 0.641. The Kier molecular flexibility index (Phi) is 1.26. The van der Waals surface area contributed by atoms with Crippen LogP contribution in [-0.2, 0) is 4.79 Å². The predicted molar refractivity (Wildman–Crippen MR) is 29.0 cm³/mol. The average Bonchev–Trinajstić information content (AvgIpc) is 2.14. The summed E-state index contributed by atoms with van der Waals surface area (Å²) in [5.74, 6) is -0.159. The minimum atomic E-state index is -0.610. The molecule has 1 saturated heterocycles. The molecule has 0 aromatic carbocycles. The SMILES string of the molecule is NC(=O)N1CCC(=O)N1. The van der Waals surface area contributed by atoms with E-state index in [-0.39, 0.29) is 5.91 Å². The number of carbonyl (C=O) groups is 2. The maximum atomic E-state index is 10.4. The summed E-state index contributed by atoms with van der Waals surface area (Å²) in [5.41, 5.74) is 7.11. The van der Waals surface area contributed by atoms with Crippen molar-refractivity contribution in [1.29, 1.82) is 0 Å². The molecule has 0 aromatic heterocycles. The van der Waals surface area contributed by atoms with Gasteiger partial charge in [0, 0.05) is 6.42 Å². The van der Waals surface area contributed by atoms with Gasteiger partial charge < -0.3 is 5.73 Å². The second kappa shape index (κ2) is 1.93. The van der Waals surface area contributed by atoms with Gasteiger partial charge in [0.05, 0.1) is 6.54 Å². The van der Waals surface area contributed by atoms with Crippen LogP contribution in [0.2, 0.25) is 0 Å². The van der Waals surface area contributed by atoms with Crippen molar-refractivity contribution in [3.63, 3.8) is 0 Å². The van der Waals surface area contributed by atoms with Crippen molar-refractivity contribution >= 4 is 11.9 Å². The number of rotatable bonds is 0. The molecule has 3 amide bonds. The van der Waals surface area contributed by atoms with Crippen molar-refractivity contribution in [1.82, 2.24) is 10.4 Å². The highest BCUT2D eigenvalue weighted by Crippen LogP contribution is 1.95. The summed E-state index contributed by atoms with van der Waals surface area (Å²) >= 11 is 0. The summed E-state index contributed by atoms with van der Waals surface area (Å²) in [7, 11) is 0. The summed E-state index contributed by atoms with van der Waals surface area (Å²) in [5, 5.41) is 1.09. The number of nitrogens with two attached hydrogens (primary N) is 1. The summed E-state index contributed by atoms with van der Waals surface area (Å²) in [6.07, 6.45) is 0.350. The van der Waals surface area contributed by atoms with Gasteiger partial charge >= 0.3 is 6.03 Å². The molecule has 1 fully saturated rings. The molecule has 1 rings (SSSR count). The lowest BCUT2D eigenvalue weighted by molar-refractivity contribution is -0.120. The first kappa shape index (κ1) is 5.87. The highest BCUT2D eigenvalue weighted by Gasteiger charge is 2.20. The monoisotopic (exact) mass is 129 g/mol. The lowest BCUT2D eigenvalue weighted by Crippen LogP contribution is -2.41. The highest BCUT2D eigenvalue weighted by atomic mass is 16.2. The van der Waals surface area contributed by atoms with E-state index in [2.05, 4.69) is 5.43 Å². The first-order valence-corrected chi connectivity index (χ1v) is 2.56. The Hall–Kier alpha value is -1.26. The maximum Gasteiger partial charge on any atom is 0.333 e. The van der Waals surface area contributed by atoms with E-state index in [1.54, 1.807) is 0 Å². The third-order valence-electron chi connectivity index (χ3n) is 1.09. The number of nitrogens with zero attached hydrogens (tertiary/aromatic N) is 1. The Morgan fingerprint density at radius 1 is 1.78 bits per heavy atom. The van der Waals surface area contributed by atoms with Crippen LogP contribution in [0.4, 0.5) is 4.79 Å². The maximum absolute atomic E-state index is 10.4. The molecule has 0 aliphatic carbocycles. The topological polar surface area (TPSA) is 75.4 Å². The molecule has 0 spiro atoms. The molecular weight excluding hydrogens is 122 g/mol. The summed E-state index contributed by atoms with van der Waals surface area (Å²) in [6.45, 7) is 0.383. The van der Waals surface area contributed by atoms with Crippen molar-refractivity contribution < 1.29 is 9.59 Å². The zero-order chi connectivity index (χ0) is 6.85. The van der Waals surface area contributed by atoms with Crippen LogP contribution >= 0.6 is 0 Å². The highest BCUT2D eigenvalue weighted by molar-refractivity contribution is 5.83. The molecule has 0 radical (unpaired) electrons. The fraction of sp³-hybridized carbons (Fsp3) is 0.500. The van der Waals surface area contributed by atoms with E-state index in [1.807, 2.05) is 0 Å². The van der Waals surface area contributed by atoms with Gasteiger partial charge in [0.25, 0.3) is 0 Å². The average molecular weight is 129 g/mol.